The first kappa shape index (κ1) is 13.1. The van der Waals surface area contributed by atoms with Crippen molar-refractivity contribution in [3.8, 4) is 11.3 Å². The van der Waals surface area contributed by atoms with E-state index in [9.17, 15) is 4.39 Å². The molecule has 4 heteroatoms. The average Bonchev–Trinajstić information content (AvgIpc) is 2.98. The molecule has 3 aromatic rings. The smallest absolute Gasteiger partial charge is 0.147 e. The molecule has 0 radical (unpaired) electrons. The Bertz CT molecular complexity index is 733. The summed E-state index contributed by atoms with van der Waals surface area (Å²) >= 11 is 0. The summed E-state index contributed by atoms with van der Waals surface area (Å²) < 4.78 is 18.5. The van der Waals surface area contributed by atoms with Crippen molar-refractivity contribution in [3.05, 3.63) is 78.3 Å². The van der Waals surface area contributed by atoms with E-state index in [1.165, 1.54) is 12.1 Å². The molecular weight excluding hydrogens is 267 g/mol. The Morgan fingerprint density at radius 3 is 2.43 bits per heavy atom. The topological polar surface area (TPSA) is 37.5 Å². The van der Waals surface area contributed by atoms with Crippen LogP contribution in [0.2, 0.25) is 0 Å². The maximum atomic E-state index is 12.9. The molecule has 3 rings (SSSR count). The van der Waals surface area contributed by atoms with Gasteiger partial charge >= 0.3 is 0 Å². The molecule has 0 fully saturated rings. The molecule has 0 amide bonds. The summed E-state index contributed by atoms with van der Waals surface area (Å²) in [6.07, 6.45) is 1.60. The van der Waals surface area contributed by atoms with Crippen LogP contribution in [-0.2, 0) is 0 Å². The normalized spacial score (nSPS) is 10.9. The molecule has 0 saturated heterocycles. The van der Waals surface area contributed by atoms with Crippen molar-refractivity contribution in [1.29, 1.82) is 0 Å². The van der Waals surface area contributed by atoms with E-state index in [-0.39, 0.29) is 5.82 Å². The van der Waals surface area contributed by atoms with Gasteiger partial charge in [0.2, 0.25) is 0 Å². The Balaban J connectivity index is 1.69. The molecule has 1 heterocycles. The number of rotatable bonds is 4. The molecule has 2 aromatic carbocycles. The Morgan fingerprint density at radius 2 is 1.67 bits per heavy atom. The lowest BCUT2D eigenvalue weighted by atomic mass is 10.2. The summed E-state index contributed by atoms with van der Waals surface area (Å²) in [5.74, 6) is 1.04. The molecule has 0 aliphatic carbocycles. The number of hydrogen-bond acceptors (Lipinski definition) is 3. The lowest BCUT2D eigenvalue weighted by molar-refractivity contribution is 0.574. The van der Waals surface area contributed by atoms with Gasteiger partial charge in [-0.3, -0.25) is 5.43 Å². The van der Waals surface area contributed by atoms with Crippen LogP contribution in [0, 0.1) is 5.82 Å². The van der Waals surface area contributed by atoms with Crippen molar-refractivity contribution < 1.29 is 8.81 Å². The van der Waals surface area contributed by atoms with Gasteiger partial charge in [0.25, 0.3) is 0 Å². The maximum absolute atomic E-state index is 12.9. The fourth-order valence-corrected chi connectivity index (χ4v) is 1.87. The van der Waals surface area contributed by atoms with Crippen molar-refractivity contribution in [2.45, 2.75) is 0 Å². The van der Waals surface area contributed by atoms with Crippen LogP contribution < -0.4 is 5.43 Å². The highest BCUT2D eigenvalue weighted by Crippen LogP contribution is 2.21. The Hall–Kier alpha value is -2.88. The minimum Gasteiger partial charge on any atom is -0.455 e. The number of nitrogens with zero attached hydrogens (tertiary/aromatic N) is 1. The Labute approximate surface area is 121 Å². The highest BCUT2D eigenvalue weighted by Gasteiger charge is 2.03. The third-order valence-corrected chi connectivity index (χ3v) is 2.91. The highest BCUT2D eigenvalue weighted by molar-refractivity contribution is 5.78. The average molecular weight is 280 g/mol. The predicted octanol–water partition coefficient (Wildman–Crippen LogP) is 4.53. The lowest BCUT2D eigenvalue weighted by Crippen LogP contribution is -1.88. The standard InChI is InChI=1S/C17H13FN2O/c18-14-8-6-13(7-9-14)17-11-10-16(21-17)12-19-20-15-4-2-1-3-5-15/h1-12,20H. The van der Waals surface area contributed by atoms with E-state index in [1.54, 1.807) is 18.3 Å². The van der Waals surface area contributed by atoms with Crippen LogP contribution in [0.1, 0.15) is 5.76 Å². The van der Waals surface area contributed by atoms with Gasteiger partial charge in [-0.05, 0) is 48.5 Å². The predicted molar refractivity (Wildman–Crippen MR) is 81.8 cm³/mol. The second kappa shape index (κ2) is 6.05. The monoisotopic (exact) mass is 280 g/mol. The number of benzene rings is 2. The third kappa shape index (κ3) is 3.36. The number of para-hydroxylation sites is 1. The second-order valence-electron chi connectivity index (χ2n) is 4.44. The van der Waals surface area contributed by atoms with Crippen LogP contribution in [0.25, 0.3) is 11.3 Å². The first-order valence-electron chi connectivity index (χ1n) is 6.51. The third-order valence-electron chi connectivity index (χ3n) is 2.91. The quantitative estimate of drug-likeness (QED) is 0.563. The molecule has 3 nitrogen and oxygen atoms in total. The van der Waals surface area contributed by atoms with Gasteiger partial charge in [0, 0.05) is 5.56 Å². The molecule has 0 bridgehead atoms. The van der Waals surface area contributed by atoms with Gasteiger partial charge in [0.1, 0.15) is 17.3 Å². The van der Waals surface area contributed by atoms with Gasteiger partial charge in [-0.15, -0.1) is 0 Å². The fraction of sp³-hybridized carbons (Fsp3) is 0. The molecule has 0 spiro atoms. The molecule has 1 aromatic heterocycles. The number of furan rings is 1. The second-order valence-corrected chi connectivity index (χ2v) is 4.44. The van der Waals surface area contributed by atoms with Crippen LogP contribution in [0.5, 0.6) is 0 Å². The van der Waals surface area contributed by atoms with Crippen LogP contribution in [0.4, 0.5) is 10.1 Å². The molecule has 104 valence electrons. The largest absolute Gasteiger partial charge is 0.455 e. The molecule has 0 atom stereocenters. The first-order valence-corrected chi connectivity index (χ1v) is 6.51. The number of halogens is 1. The molecule has 0 unspecified atom stereocenters. The summed E-state index contributed by atoms with van der Waals surface area (Å²) in [6.45, 7) is 0. The number of nitrogens with one attached hydrogen (secondary N) is 1. The highest BCUT2D eigenvalue weighted by atomic mass is 19.1. The first-order chi connectivity index (χ1) is 10.3. The van der Waals surface area contributed by atoms with Crippen molar-refractivity contribution in [2.75, 3.05) is 5.43 Å². The SMILES string of the molecule is Fc1ccc(-c2ccc(C=NNc3ccccc3)o2)cc1. The summed E-state index contributed by atoms with van der Waals surface area (Å²) in [5.41, 5.74) is 4.64. The summed E-state index contributed by atoms with van der Waals surface area (Å²) in [5, 5.41) is 4.10. The molecule has 21 heavy (non-hydrogen) atoms. The van der Waals surface area contributed by atoms with Gasteiger partial charge in [-0.25, -0.2) is 4.39 Å². The van der Waals surface area contributed by atoms with Crippen molar-refractivity contribution in [1.82, 2.24) is 0 Å². The number of anilines is 1. The van der Waals surface area contributed by atoms with Crippen molar-refractivity contribution in [3.63, 3.8) is 0 Å². The summed E-state index contributed by atoms with van der Waals surface area (Å²) in [4.78, 5) is 0. The molecular formula is C17H13FN2O. The van der Waals surface area contributed by atoms with Crippen LogP contribution in [0.3, 0.4) is 0 Å². The minimum atomic E-state index is -0.265. The molecule has 0 aliphatic heterocycles. The van der Waals surface area contributed by atoms with Crippen LogP contribution in [-0.4, -0.2) is 6.21 Å². The number of hydrogen-bond donors (Lipinski definition) is 1. The fourth-order valence-electron chi connectivity index (χ4n) is 1.87. The molecule has 0 aliphatic rings. The van der Waals surface area contributed by atoms with Crippen molar-refractivity contribution in [2.24, 2.45) is 5.10 Å². The van der Waals surface area contributed by atoms with Gasteiger partial charge in [-0.1, -0.05) is 18.2 Å². The minimum absolute atomic E-state index is 0.265. The van der Waals surface area contributed by atoms with E-state index in [1.807, 2.05) is 42.5 Å². The summed E-state index contributed by atoms with van der Waals surface area (Å²) in [7, 11) is 0. The zero-order valence-corrected chi connectivity index (χ0v) is 11.2. The van der Waals surface area contributed by atoms with E-state index < -0.39 is 0 Å². The Morgan fingerprint density at radius 1 is 0.905 bits per heavy atom. The van der Waals surface area contributed by atoms with Crippen molar-refractivity contribution >= 4 is 11.9 Å². The van der Waals surface area contributed by atoms with E-state index in [4.69, 9.17) is 4.42 Å². The van der Waals surface area contributed by atoms with E-state index in [0.29, 0.717) is 11.5 Å². The lowest BCUT2D eigenvalue weighted by Gasteiger charge is -1.97. The zero-order valence-electron chi connectivity index (χ0n) is 11.2. The Kier molecular flexibility index (Phi) is 3.78. The summed E-state index contributed by atoms with van der Waals surface area (Å²) in [6, 6.07) is 19.4. The molecule has 0 saturated carbocycles. The van der Waals surface area contributed by atoms with Crippen LogP contribution in [0.15, 0.2) is 76.2 Å². The van der Waals surface area contributed by atoms with Crippen LogP contribution >= 0.6 is 0 Å². The zero-order chi connectivity index (χ0) is 14.5. The molecule has 1 N–H and O–H groups in total. The van der Waals surface area contributed by atoms with Gasteiger partial charge in [0.15, 0.2) is 0 Å². The van der Waals surface area contributed by atoms with Gasteiger partial charge in [-0.2, -0.15) is 5.10 Å². The van der Waals surface area contributed by atoms with E-state index >= 15 is 0 Å². The maximum Gasteiger partial charge on any atom is 0.147 e. The van der Waals surface area contributed by atoms with Gasteiger partial charge < -0.3 is 4.42 Å². The number of hydrazone groups is 1. The van der Waals surface area contributed by atoms with Gasteiger partial charge in [0.05, 0.1) is 11.9 Å². The van der Waals surface area contributed by atoms with E-state index in [2.05, 4.69) is 10.5 Å². The van der Waals surface area contributed by atoms with E-state index in [0.717, 1.165) is 11.3 Å².